The molecule has 1 unspecified atom stereocenters. The number of amides is 1. The fourth-order valence-electron chi connectivity index (χ4n) is 3.07. The standard InChI is InChI=1S/C18H18ClFN2O4S/c19-14-5-3-13(4-6-14)12-22-11-1-2-17(22)18(23)21-15-7-9-16(10-8-15)26-27(20,24)25/h3-10,17H,1-2,11-12H2,(H,21,23). The van der Waals surface area contributed by atoms with Crippen molar-refractivity contribution >= 4 is 33.7 Å². The second-order valence-electron chi connectivity index (χ2n) is 6.25. The summed E-state index contributed by atoms with van der Waals surface area (Å²) in [7, 11) is -5.07. The van der Waals surface area contributed by atoms with Crippen molar-refractivity contribution in [3.63, 3.8) is 0 Å². The predicted octanol–water partition coefficient (Wildman–Crippen LogP) is 3.54. The first-order valence-electron chi connectivity index (χ1n) is 8.34. The molecular weight excluding hydrogens is 395 g/mol. The van der Waals surface area contributed by atoms with E-state index in [1.165, 1.54) is 24.3 Å². The number of carbonyl (C=O) groups is 1. The molecule has 1 amide bonds. The molecule has 1 saturated heterocycles. The van der Waals surface area contributed by atoms with E-state index < -0.39 is 10.5 Å². The SMILES string of the molecule is O=C(Nc1ccc(OS(=O)(=O)F)cc1)C1CCCN1Cc1ccc(Cl)cc1. The number of nitrogens with one attached hydrogen (secondary N) is 1. The molecule has 1 aliphatic rings. The number of rotatable bonds is 6. The van der Waals surface area contributed by atoms with Gasteiger partial charge in [-0.05, 0) is 61.3 Å². The molecule has 1 fully saturated rings. The van der Waals surface area contributed by atoms with Crippen LogP contribution in [0.25, 0.3) is 0 Å². The van der Waals surface area contributed by atoms with Gasteiger partial charge >= 0.3 is 10.5 Å². The molecule has 9 heteroatoms. The van der Waals surface area contributed by atoms with Gasteiger partial charge in [0, 0.05) is 17.3 Å². The monoisotopic (exact) mass is 412 g/mol. The molecule has 144 valence electrons. The van der Waals surface area contributed by atoms with E-state index in [2.05, 4.69) is 14.4 Å². The molecule has 0 spiro atoms. The molecule has 2 aromatic rings. The van der Waals surface area contributed by atoms with Crippen LogP contribution in [0.2, 0.25) is 5.02 Å². The fourth-order valence-corrected chi connectivity index (χ4v) is 3.54. The van der Waals surface area contributed by atoms with E-state index in [1.54, 1.807) is 0 Å². The topological polar surface area (TPSA) is 75.7 Å². The van der Waals surface area contributed by atoms with Crippen molar-refractivity contribution in [2.75, 3.05) is 11.9 Å². The van der Waals surface area contributed by atoms with Crippen LogP contribution in [0.1, 0.15) is 18.4 Å². The highest BCUT2D eigenvalue weighted by Gasteiger charge is 2.30. The van der Waals surface area contributed by atoms with E-state index in [0.717, 1.165) is 24.9 Å². The number of likely N-dealkylation sites (tertiary alicyclic amines) is 1. The van der Waals surface area contributed by atoms with Crippen molar-refractivity contribution < 1.29 is 21.3 Å². The Morgan fingerprint density at radius 3 is 2.48 bits per heavy atom. The third kappa shape index (κ3) is 5.66. The van der Waals surface area contributed by atoms with E-state index in [1.807, 2.05) is 24.3 Å². The highest BCUT2D eigenvalue weighted by molar-refractivity contribution is 7.81. The van der Waals surface area contributed by atoms with Gasteiger partial charge in [-0.2, -0.15) is 8.42 Å². The van der Waals surface area contributed by atoms with Gasteiger partial charge in [-0.1, -0.05) is 27.6 Å². The first-order chi connectivity index (χ1) is 12.8. The maximum absolute atomic E-state index is 12.6. The van der Waals surface area contributed by atoms with Crippen LogP contribution in [0.5, 0.6) is 5.75 Å². The minimum Gasteiger partial charge on any atom is -0.358 e. The Labute approximate surface area is 162 Å². The Bertz CT molecular complexity index is 904. The van der Waals surface area contributed by atoms with E-state index in [9.17, 15) is 17.1 Å². The Kier molecular flexibility index (Phi) is 5.98. The average Bonchev–Trinajstić information content (AvgIpc) is 3.06. The van der Waals surface area contributed by atoms with Crippen LogP contribution in [0, 0.1) is 0 Å². The second-order valence-corrected chi connectivity index (χ2v) is 7.63. The summed E-state index contributed by atoms with van der Waals surface area (Å²) in [6.07, 6.45) is 1.67. The molecule has 0 bridgehead atoms. The van der Waals surface area contributed by atoms with Crippen molar-refractivity contribution in [1.29, 1.82) is 0 Å². The number of hydrogen-bond donors (Lipinski definition) is 1. The maximum atomic E-state index is 12.6. The number of nitrogens with zero attached hydrogens (tertiary/aromatic N) is 1. The molecule has 27 heavy (non-hydrogen) atoms. The van der Waals surface area contributed by atoms with Crippen molar-refractivity contribution in [3.8, 4) is 5.75 Å². The molecule has 2 aromatic carbocycles. The Morgan fingerprint density at radius 2 is 1.85 bits per heavy atom. The Hall–Kier alpha value is -2.16. The molecule has 0 aromatic heterocycles. The first kappa shape index (κ1) is 19.6. The maximum Gasteiger partial charge on any atom is 0.488 e. The van der Waals surface area contributed by atoms with Gasteiger partial charge < -0.3 is 9.50 Å². The van der Waals surface area contributed by atoms with Crippen LogP contribution in [0.15, 0.2) is 48.5 Å². The van der Waals surface area contributed by atoms with E-state index in [4.69, 9.17) is 11.6 Å². The Balaban J connectivity index is 1.61. The summed E-state index contributed by atoms with van der Waals surface area (Å²) in [6, 6.07) is 12.7. The zero-order valence-electron chi connectivity index (χ0n) is 14.3. The lowest BCUT2D eigenvalue weighted by Gasteiger charge is -2.23. The third-order valence-corrected chi connectivity index (χ3v) is 4.93. The third-order valence-electron chi connectivity index (χ3n) is 4.28. The minimum absolute atomic E-state index is 0.145. The zero-order chi connectivity index (χ0) is 19.4. The lowest BCUT2D eigenvalue weighted by atomic mass is 10.1. The van der Waals surface area contributed by atoms with Crippen LogP contribution in [0.3, 0.4) is 0 Å². The van der Waals surface area contributed by atoms with Crippen LogP contribution in [-0.4, -0.2) is 31.8 Å². The molecule has 1 heterocycles. The number of anilines is 1. The molecule has 0 radical (unpaired) electrons. The lowest BCUT2D eigenvalue weighted by Crippen LogP contribution is -2.39. The normalized spacial score (nSPS) is 17.6. The van der Waals surface area contributed by atoms with E-state index >= 15 is 0 Å². The molecule has 3 rings (SSSR count). The second kappa shape index (κ2) is 8.24. The first-order valence-corrected chi connectivity index (χ1v) is 10.0. The van der Waals surface area contributed by atoms with Gasteiger partial charge in [-0.3, -0.25) is 9.69 Å². The largest absolute Gasteiger partial charge is 0.488 e. The number of benzene rings is 2. The molecular formula is C18H18ClFN2O4S. The summed E-state index contributed by atoms with van der Waals surface area (Å²) >= 11 is 5.90. The molecule has 1 aliphatic heterocycles. The van der Waals surface area contributed by atoms with Crippen LogP contribution >= 0.6 is 11.6 Å². The summed E-state index contributed by atoms with van der Waals surface area (Å²) in [5.41, 5.74) is 1.55. The summed E-state index contributed by atoms with van der Waals surface area (Å²) in [5, 5.41) is 3.47. The van der Waals surface area contributed by atoms with Crippen molar-refractivity contribution in [3.05, 3.63) is 59.1 Å². The summed E-state index contributed by atoms with van der Waals surface area (Å²) < 4.78 is 37.6. The number of carbonyl (C=O) groups excluding carboxylic acids is 1. The Morgan fingerprint density at radius 1 is 1.19 bits per heavy atom. The summed E-state index contributed by atoms with van der Waals surface area (Å²) in [5.74, 6) is -0.311. The van der Waals surface area contributed by atoms with Crippen molar-refractivity contribution in [1.82, 2.24) is 4.90 Å². The van der Waals surface area contributed by atoms with Gasteiger partial charge in [-0.15, -0.1) is 0 Å². The summed E-state index contributed by atoms with van der Waals surface area (Å²) in [6.45, 7) is 1.47. The van der Waals surface area contributed by atoms with Crippen LogP contribution < -0.4 is 9.50 Å². The molecule has 1 N–H and O–H groups in total. The van der Waals surface area contributed by atoms with Gasteiger partial charge in [0.1, 0.15) is 5.75 Å². The number of halogens is 2. The summed E-state index contributed by atoms with van der Waals surface area (Å²) in [4.78, 5) is 14.7. The lowest BCUT2D eigenvalue weighted by molar-refractivity contribution is -0.120. The van der Waals surface area contributed by atoms with Crippen LogP contribution in [-0.2, 0) is 21.8 Å². The fraction of sp³-hybridized carbons (Fsp3) is 0.278. The van der Waals surface area contributed by atoms with Gasteiger partial charge in [0.2, 0.25) is 5.91 Å². The van der Waals surface area contributed by atoms with Gasteiger partial charge in [0.15, 0.2) is 0 Å². The molecule has 6 nitrogen and oxygen atoms in total. The van der Waals surface area contributed by atoms with E-state index in [-0.39, 0.29) is 17.7 Å². The molecule has 1 atom stereocenters. The zero-order valence-corrected chi connectivity index (χ0v) is 15.8. The van der Waals surface area contributed by atoms with Gasteiger partial charge in [0.25, 0.3) is 0 Å². The molecule has 0 aliphatic carbocycles. The minimum atomic E-state index is -5.07. The molecule has 0 saturated carbocycles. The predicted molar refractivity (Wildman–Crippen MR) is 101 cm³/mol. The van der Waals surface area contributed by atoms with Gasteiger partial charge in [-0.25, -0.2) is 0 Å². The quantitative estimate of drug-likeness (QED) is 0.734. The van der Waals surface area contributed by atoms with Crippen molar-refractivity contribution in [2.24, 2.45) is 0 Å². The van der Waals surface area contributed by atoms with Crippen LogP contribution in [0.4, 0.5) is 9.57 Å². The van der Waals surface area contributed by atoms with Crippen molar-refractivity contribution in [2.45, 2.75) is 25.4 Å². The highest BCUT2D eigenvalue weighted by atomic mass is 35.5. The van der Waals surface area contributed by atoms with Gasteiger partial charge in [0.05, 0.1) is 6.04 Å². The smallest absolute Gasteiger partial charge is 0.358 e. The van der Waals surface area contributed by atoms with E-state index in [0.29, 0.717) is 17.3 Å². The average molecular weight is 413 g/mol. The highest BCUT2D eigenvalue weighted by Crippen LogP contribution is 2.23. The number of hydrogen-bond acceptors (Lipinski definition) is 5.